The molecule has 3 nitrogen and oxygen atoms in total. The van der Waals surface area contributed by atoms with E-state index in [9.17, 15) is 0 Å². The van der Waals surface area contributed by atoms with Crippen LogP contribution in [0.1, 0.15) is 12.8 Å². The molecular weight excluding hydrogens is 328 g/mol. The standard InChI is InChI=1S/C14H20BrClN2O/c1-18(12-3-2-6-17-10-12)7-8-19-14-5-4-11(16)9-13(14)15/h4-5,9,12,17H,2-3,6-8,10H2,1H3. The fraction of sp³-hybridized carbons (Fsp3) is 0.571. The molecule has 19 heavy (non-hydrogen) atoms. The summed E-state index contributed by atoms with van der Waals surface area (Å²) in [5.74, 6) is 0.847. The Hall–Kier alpha value is -0.290. The smallest absolute Gasteiger partial charge is 0.133 e. The molecule has 0 aliphatic carbocycles. The summed E-state index contributed by atoms with van der Waals surface area (Å²) in [4.78, 5) is 2.37. The van der Waals surface area contributed by atoms with Crippen LogP contribution in [0.4, 0.5) is 0 Å². The first-order chi connectivity index (χ1) is 9.16. The van der Waals surface area contributed by atoms with E-state index in [2.05, 4.69) is 33.2 Å². The van der Waals surface area contributed by atoms with E-state index in [1.165, 1.54) is 12.8 Å². The second-order valence-electron chi connectivity index (χ2n) is 4.90. The number of halogens is 2. The normalized spacial score (nSPS) is 19.7. The summed E-state index contributed by atoms with van der Waals surface area (Å²) >= 11 is 9.36. The SMILES string of the molecule is CN(CCOc1ccc(Cl)cc1Br)C1CCCNC1. The van der Waals surface area contributed by atoms with E-state index < -0.39 is 0 Å². The Morgan fingerprint density at radius 1 is 1.53 bits per heavy atom. The van der Waals surface area contributed by atoms with E-state index in [1.54, 1.807) is 0 Å². The number of rotatable bonds is 5. The van der Waals surface area contributed by atoms with Gasteiger partial charge in [0.1, 0.15) is 12.4 Å². The van der Waals surface area contributed by atoms with Crippen molar-refractivity contribution >= 4 is 27.5 Å². The van der Waals surface area contributed by atoms with Gasteiger partial charge in [-0.2, -0.15) is 0 Å². The van der Waals surface area contributed by atoms with Gasteiger partial charge in [0.25, 0.3) is 0 Å². The average Bonchev–Trinajstić information content (AvgIpc) is 2.42. The predicted octanol–water partition coefficient (Wildman–Crippen LogP) is 3.17. The molecule has 1 aliphatic heterocycles. The van der Waals surface area contributed by atoms with E-state index >= 15 is 0 Å². The van der Waals surface area contributed by atoms with Crippen molar-refractivity contribution in [3.05, 3.63) is 27.7 Å². The zero-order valence-corrected chi connectivity index (χ0v) is 13.5. The van der Waals surface area contributed by atoms with Crippen molar-refractivity contribution in [2.24, 2.45) is 0 Å². The summed E-state index contributed by atoms with van der Waals surface area (Å²) in [6.07, 6.45) is 2.53. The van der Waals surface area contributed by atoms with Gasteiger partial charge < -0.3 is 10.1 Å². The number of likely N-dealkylation sites (N-methyl/N-ethyl adjacent to an activating group) is 1. The van der Waals surface area contributed by atoms with Crippen molar-refractivity contribution in [1.82, 2.24) is 10.2 Å². The molecule has 1 aliphatic rings. The molecule has 1 saturated heterocycles. The third-order valence-electron chi connectivity index (χ3n) is 3.49. The monoisotopic (exact) mass is 346 g/mol. The van der Waals surface area contributed by atoms with Crippen LogP contribution >= 0.6 is 27.5 Å². The van der Waals surface area contributed by atoms with Crippen LogP contribution in [0.25, 0.3) is 0 Å². The highest BCUT2D eigenvalue weighted by Gasteiger charge is 2.17. The summed E-state index contributed by atoms with van der Waals surface area (Å²) in [6, 6.07) is 6.22. The minimum atomic E-state index is 0.631. The Labute approximate surface area is 128 Å². The van der Waals surface area contributed by atoms with Crippen LogP contribution in [-0.4, -0.2) is 44.2 Å². The van der Waals surface area contributed by atoms with Crippen LogP contribution in [0.3, 0.4) is 0 Å². The third-order valence-corrected chi connectivity index (χ3v) is 4.34. The summed E-state index contributed by atoms with van der Waals surface area (Å²) in [6.45, 7) is 3.86. The highest BCUT2D eigenvalue weighted by molar-refractivity contribution is 9.10. The highest BCUT2D eigenvalue weighted by atomic mass is 79.9. The van der Waals surface area contributed by atoms with Crippen molar-refractivity contribution in [2.75, 3.05) is 33.3 Å². The quantitative estimate of drug-likeness (QED) is 0.885. The largest absolute Gasteiger partial charge is 0.491 e. The molecule has 0 aromatic heterocycles. The average molecular weight is 348 g/mol. The van der Waals surface area contributed by atoms with E-state index in [4.69, 9.17) is 16.3 Å². The molecule has 0 radical (unpaired) electrons. The van der Waals surface area contributed by atoms with E-state index in [1.807, 2.05) is 18.2 Å². The van der Waals surface area contributed by atoms with E-state index in [-0.39, 0.29) is 0 Å². The van der Waals surface area contributed by atoms with Gasteiger partial charge in [-0.25, -0.2) is 0 Å². The second-order valence-corrected chi connectivity index (χ2v) is 6.19. The summed E-state index contributed by atoms with van der Waals surface area (Å²) in [7, 11) is 2.16. The molecule has 1 atom stereocenters. The van der Waals surface area contributed by atoms with E-state index in [0.717, 1.165) is 29.9 Å². The molecule has 0 amide bonds. The lowest BCUT2D eigenvalue weighted by Gasteiger charge is -2.31. The minimum Gasteiger partial charge on any atom is -0.491 e. The van der Waals surface area contributed by atoms with Gasteiger partial charge in [0.2, 0.25) is 0 Å². The van der Waals surface area contributed by atoms with Crippen LogP contribution in [-0.2, 0) is 0 Å². The molecule has 106 valence electrons. The lowest BCUT2D eigenvalue weighted by atomic mass is 10.1. The van der Waals surface area contributed by atoms with Crippen LogP contribution in [0.15, 0.2) is 22.7 Å². The fourth-order valence-electron chi connectivity index (χ4n) is 2.28. The summed E-state index contributed by atoms with van der Waals surface area (Å²) in [5.41, 5.74) is 0. The lowest BCUT2D eigenvalue weighted by molar-refractivity contribution is 0.168. The van der Waals surface area contributed by atoms with Gasteiger partial charge >= 0.3 is 0 Å². The van der Waals surface area contributed by atoms with Crippen molar-refractivity contribution in [3.63, 3.8) is 0 Å². The zero-order valence-electron chi connectivity index (χ0n) is 11.2. The summed E-state index contributed by atoms with van der Waals surface area (Å²) in [5, 5.41) is 4.15. The Morgan fingerprint density at radius 3 is 3.05 bits per heavy atom. The molecule has 0 saturated carbocycles. The third kappa shape index (κ3) is 4.63. The molecule has 1 fully saturated rings. The lowest BCUT2D eigenvalue weighted by Crippen LogP contribution is -2.45. The van der Waals surface area contributed by atoms with Crippen molar-refractivity contribution in [2.45, 2.75) is 18.9 Å². The molecule has 0 bridgehead atoms. The topological polar surface area (TPSA) is 24.5 Å². The Bertz CT molecular complexity index is 410. The molecule has 1 N–H and O–H groups in total. The molecule has 1 aromatic carbocycles. The number of nitrogens with one attached hydrogen (secondary N) is 1. The number of hydrogen-bond acceptors (Lipinski definition) is 3. The Morgan fingerprint density at radius 2 is 2.37 bits per heavy atom. The molecule has 2 rings (SSSR count). The fourth-order valence-corrected chi connectivity index (χ4v) is 3.08. The first-order valence-corrected chi connectivity index (χ1v) is 7.83. The maximum absolute atomic E-state index is 5.90. The predicted molar refractivity (Wildman–Crippen MR) is 83.2 cm³/mol. The van der Waals surface area contributed by atoms with Crippen molar-refractivity contribution < 1.29 is 4.74 Å². The van der Waals surface area contributed by atoms with Gasteiger partial charge in [0.05, 0.1) is 4.47 Å². The maximum atomic E-state index is 5.90. The van der Waals surface area contributed by atoms with Crippen LogP contribution in [0.2, 0.25) is 5.02 Å². The minimum absolute atomic E-state index is 0.631. The Balaban J connectivity index is 1.76. The van der Waals surface area contributed by atoms with Gasteiger partial charge in [0.15, 0.2) is 0 Å². The molecular formula is C14H20BrClN2O. The molecule has 1 unspecified atom stereocenters. The molecule has 0 spiro atoms. The number of hydrogen-bond donors (Lipinski definition) is 1. The van der Waals surface area contributed by atoms with Gasteiger partial charge in [-0.15, -0.1) is 0 Å². The van der Waals surface area contributed by atoms with Crippen LogP contribution in [0, 0.1) is 0 Å². The number of benzene rings is 1. The van der Waals surface area contributed by atoms with E-state index in [0.29, 0.717) is 17.7 Å². The highest BCUT2D eigenvalue weighted by Crippen LogP contribution is 2.27. The van der Waals surface area contributed by atoms with Gasteiger partial charge in [-0.05, 0) is 60.6 Å². The van der Waals surface area contributed by atoms with Crippen LogP contribution in [0.5, 0.6) is 5.75 Å². The van der Waals surface area contributed by atoms with Gasteiger partial charge in [0, 0.05) is 24.2 Å². The van der Waals surface area contributed by atoms with Crippen LogP contribution < -0.4 is 10.1 Å². The maximum Gasteiger partial charge on any atom is 0.133 e. The van der Waals surface area contributed by atoms with Gasteiger partial charge in [-0.3, -0.25) is 4.90 Å². The Kier molecular flexibility index (Phi) is 5.95. The molecule has 5 heteroatoms. The van der Waals surface area contributed by atoms with Gasteiger partial charge in [-0.1, -0.05) is 11.6 Å². The molecule has 1 aromatic rings. The number of ether oxygens (including phenoxy) is 1. The molecule has 1 heterocycles. The second kappa shape index (κ2) is 7.48. The number of nitrogens with zero attached hydrogens (tertiary/aromatic N) is 1. The first kappa shape index (κ1) is 15.1. The van der Waals surface area contributed by atoms with Crippen molar-refractivity contribution in [1.29, 1.82) is 0 Å². The zero-order chi connectivity index (χ0) is 13.7. The first-order valence-electron chi connectivity index (χ1n) is 6.65. The number of piperidine rings is 1. The summed E-state index contributed by atoms with van der Waals surface area (Å²) < 4.78 is 6.69. The van der Waals surface area contributed by atoms with Crippen molar-refractivity contribution in [3.8, 4) is 5.75 Å².